The van der Waals surface area contributed by atoms with Crippen LogP contribution in [0.5, 0.6) is 0 Å². The molecule has 1 fully saturated rings. The number of likely N-dealkylation sites (tertiary alicyclic amines) is 1. The lowest BCUT2D eigenvalue weighted by atomic mass is 10.1. The number of carbonyl (C=O) groups is 1. The van der Waals surface area contributed by atoms with Crippen LogP contribution in [0.1, 0.15) is 46.2 Å². The Morgan fingerprint density at radius 3 is 2.59 bits per heavy atom. The second-order valence-corrected chi connectivity index (χ2v) is 9.88. The van der Waals surface area contributed by atoms with Crippen molar-refractivity contribution in [1.82, 2.24) is 24.4 Å². The highest BCUT2D eigenvalue weighted by molar-refractivity contribution is 7.63. The summed E-state index contributed by atoms with van der Waals surface area (Å²) < 4.78 is 43.9. The van der Waals surface area contributed by atoms with Crippen molar-refractivity contribution >= 4 is 16.4 Å². The van der Waals surface area contributed by atoms with Gasteiger partial charge in [0.25, 0.3) is 15.1 Å². The summed E-state index contributed by atoms with van der Waals surface area (Å²) in [6, 6.07) is 7.49. The number of halogens is 1. The lowest BCUT2D eigenvalue weighted by Gasteiger charge is -2.38. The fraction of sp³-hybridized carbons (Fsp3) is 0.391. The summed E-state index contributed by atoms with van der Waals surface area (Å²) >= 11 is 0. The van der Waals surface area contributed by atoms with Gasteiger partial charge in [-0.15, -0.1) is 0 Å². The first-order chi connectivity index (χ1) is 16.1. The van der Waals surface area contributed by atoms with E-state index in [4.69, 9.17) is 4.74 Å². The van der Waals surface area contributed by atoms with Crippen molar-refractivity contribution < 1.29 is 22.3 Å². The second kappa shape index (κ2) is 9.41. The van der Waals surface area contributed by atoms with Crippen molar-refractivity contribution in [2.45, 2.75) is 51.8 Å². The molecule has 0 spiro atoms. The van der Waals surface area contributed by atoms with Gasteiger partial charge in [-0.2, -0.15) is 8.42 Å². The van der Waals surface area contributed by atoms with E-state index in [1.807, 2.05) is 25.3 Å². The third kappa shape index (κ3) is 5.04. The van der Waals surface area contributed by atoms with Crippen LogP contribution < -0.4 is 0 Å². The van der Waals surface area contributed by atoms with E-state index in [0.717, 1.165) is 12.8 Å². The molecule has 1 N–H and O–H groups in total. The number of ether oxygens (including phenoxy) is 1. The minimum atomic E-state index is -2.57. The number of amides is 1. The molecule has 1 amide bonds. The smallest absolute Gasteiger partial charge is 0.411 e. The Hall–Kier alpha value is -3.47. The average molecular weight is 488 g/mol. The maximum Gasteiger partial charge on any atom is 0.411 e. The summed E-state index contributed by atoms with van der Waals surface area (Å²) in [6.07, 6.45) is 4.62. The number of hydrogen-bond acceptors (Lipinski definition) is 6. The SMILES string of the molecule is CC(C)(C)OC(=O)N1CCCCC1n1cnc(-c2ccc(F)cc2)c1-c1cc[nH]c(=S(=O)=O)n1. The number of H-pyrrole nitrogens is 1. The van der Waals surface area contributed by atoms with Gasteiger partial charge in [0, 0.05) is 18.3 Å². The van der Waals surface area contributed by atoms with E-state index in [1.54, 1.807) is 29.4 Å². The minimum Gasteiger partial charge on any atom is -0.444 e. The van der Waals surface area contributed by atoms with Gasteiger partial charge in [0.2, 0.25) is 0 Å². The minimum absolute atomic E-state index is 0.233. The molecule has 180 valence electrons. The van der Waals surface area contributed by atoms with Gasteiger partial charge in [-0.25, -0.2) is 19.2 Å². The highest BCUT2D eigenvalue weighted by atomic mass is 32.2. The predicted molar refractivity (Wildman–Crippen MR) is 123 cm³/mol. The largest absolute Gasteiger partial charge is 0.444 e. The quantitative estimate of drug-likeness (QED) is 0.548. The molecule has 3 aromatic rings. The summed E-state index contributed by atoms with van der Waals surface area (Å²) in [5.41, 5.74) is 1.35. The van der Waals surface area contributed by atoms with Crippen LogP contribution in [0.3, 0.4) is 0 Å². The van der Waals surface area contributed by atoms with E-state index < -0.39 is 28.2 Å². The number of nitrogens with one attached hydrogen (secondary N) is 1. The standard InChI is InChI=1S/C23H26FN5O4S/c1-23(2,3)33-22(30)28-13-5-4-6-18(28)29-14-26-19(15-7-9-16(24)10-8-15)20(29)17-11-12-25-21(27-17)34(31)32/h7-12,14,18,25H,4-6,13H2,1-3H3. The van der Waals surface area contributed by atoms with Crippen LogP contribution in [0.25, 0.3) is 22.6 Å². The maximum absolute atomic E-state index is 13.6. The molecule has 1 aliphatic heterocycles. The van der Waals surface area contributed by atoms with Crippen molar-refractivity contribution in [1.29, 1.82) is 0 Å². The van der Waals surface area contributed by atoms with Crippen molar-refractivity contribution in [2.75, 3.05) is 6.54 Å². The Balaban J connectivity index is 1.89. The topological polar surface area (TPSA) is 110 Å². The summed E-state index contributed by atoms with van der Waals surface area (Å²) in [7, 11) is -2.57. The number of benzene rings is 1. The monoisotopic (exact) mass is 487 g/mol. The highest BCUT2D eigenvalue weighted by Gasteiger charge is 2.34. The zero-order chi connectivity index (χ0) is 24.5. The van der Waals surface area contributed by atoms with Crippen LogP contribution in [-0.2, 0) is 15.0 Å². The van der Waals surface area contributed by atoms with E-state index in [9.17, 15) is 17.6 Å². The lowest BCUT2D eigenvalue weighted by Crippen LogP contribution is -2.44. The van der Waals surface area contributed by atoms with Gasteiger partial charge in [-0.05, 0) is 70.4 Å². The van der Waals surface area contributed by atoms with Crippen molar-refractivity contribution in [3.8, 4) is 22.6 Å². The summed E-state index contributed by atoms with van der Waals surface area (Å²) in [6.45, 7) is 5.95. The molecule has 34 heavy (non-hydrogen) atoms. The van der Waals surface area contributed by atoms with E-state index in [1.165, 1.54) is 18.3 Å². The molecule has 1 atom stereocenters. The molecule has 9 nitrogen and oxygen atoms in total. The van der Waals surface area contributed by atoms with Gasteiger partial charge in [0.15, 0.2) is 0 Å². The second-order valence-electron chi connectivity index (χ2n) is 9.02. The third-order valence-electron chi connectivity index (χ3n) is 5.40. The number of carbonyl (C=O) groups excluding carboxylic acids is 1. The Morgan fingerprint density at radius 2 is 1.91 bits per heavy atom. The molecular weight excluding hydrogens is 461 g/mol. The van der Waals surface area contributed by atoms with Gasteiger partial charge in [-0.3, -0.25) is 4.90 Å². The molecule has 1 aliphatic rings. The Labute approximate surface area is 197 Å². The van der Waals surface area contributed by atoms with Crippen molar-refractivity contribution in [2.24, 2.45) is 0 Å². The van der Waals surface area contributed by atoms with Crippen LogP contribution in [0.4, 0.5) is 9.18 Å². The van der Waals surface area contributed by atoms with Gasteiger partial charge in [0.05, 0.1) is 23.4 Å². The predicted octanol–water partition coefficient (Wildman–Crippen LogP) is 4.41. The van der Waals surface area contributed by atoms with Crippen LogP contribution in [-0.4, -0.2) is 51.1 Å². The van der Waals surface area contributed by atoms with Crippen LogP contribution in [0.2, 0.25) is 0 Å². The zero-order valence-corrected chi connectivity index (χ0v) is 20.0. The maximum atomic E-state index is 13.6. The van der Waals surface area contributed by atoms with Crippen LogP contribution >= 0.6 is 0 Å². The molecule has 4 rings (SSSR count). The summed E-state index contributed by atoms with van der Waals surface area (Å²) in [5, 5.41) is 0. The average Bonchev–Trinajstić information content (AvgIpc) is 3.23. The number of imidazole rings is 1. The molecule has 0 aliphatic carbocycles. The van der Waals surface area contributed by atoms with Crippen LogP contribution in [0.15, 0.2) is 42.9 Å². The number of piperidine rings is 1. The number of nitrogens with zero attached hydrogens (tertiary/aromatic N) is 4. The van der Waals surface area contributed by atoms with E-state index in [2.05, 4.69) is 15.0 Å². The fourth-order valence-corrected chi connectivity index (χ4v) is 4.32. The highest BCUT2D eigenvalue weighted by Crippen LogP contribution is 2.36. The number of hydrogen-bond donors (Lipinski definition) is 1. The first-order valence-corrected chi connectivity index (χ1v) is 12.0. The molecule has 2 aromatic heterocycles. The summed E-state index contributed by atoms with van der Waals surface area (Å²) in [5.74, 6) is -0.385. The number of rotatable bonds is 3. The van der Waals surface area contributed by atoms with Gasteiger partial charge in [-0.1, -0.05) is 0 Å². The first kappa shape index (κ1) is 23.7. The molecule has 1 unspecified atom stereocenters. The number of aromatic amines is 1. The van der Waals surface area contributed by atoms with Gasteiger partial charge in [0.1, 0.15) is 17.6 Å². The molecule has 1 aromatic carbocycles. The Bertz CT molecular complexity index is 1370. The zero-order valence-electron chi connectivity index (χ0n) is 19.2. The van der Waals surface area contributed by atoms with Crippen molar-refractivity contribution in [3.63, 3.8) is 0 Å². The lowest BCUT2D eigenvalue weighted by molar-refractivity contribution is -0.000905. The van der Waals surface area contributed by atoms with Gasteiger partial charge < -0.3 is 14.3 Å². The molecule has 0 bridgehead atoms. The van der Waals surface area contributed by atoms with Crippen LogP contribution in [0, 0.1) is 10.6 Å². The third-order valence-corrected chi connectivity index (χ3v) is 5.93. The van der Waals surface area contributed by atoms with Gasteiger partial charge >= 0.3 is 6.09 Å². The molecule has 0 saturated carbocycles. The van der Waals surface area contributed by atoms with E-state index in [-0.39, 0.29) is 10.6 Å². The molecule has 0 radical (unpaired) electrons. The Kier molecular flexibility index (Phi) is 6.56. The molecule has 1 saturated heterocycles. The molecule has 11 heteroatoms. The van der Waals surface area contributed by atoms with E-state index >= 15 is 0 Å². The van der Waals surface area contributed by atoms with Crippen molar-refractivity contribution in [3.05, 3.63) is 53.4 Å². The Morgan fingerprint density at radius 1 is 1.18 bits per heavy atom. The fourth-order valence-electron chi connectivity index (χ4n) is 3.98. The molecule has 3 heterocycles. The molecular formula is C23H26FN5O4S. The van der Waals surface area contributed by atoms with E-state index in [0.29, 0.717) is 35.6 Å². The number of aromatic nitrogens is 4. The first-order valence-electron chi connectivity index (χ1n) is 10.9. The summed E-state index contributed by atoms with van der Waals surface area (Å²) in [4.78, 5) is 26.1. The normalized spacial score (nSPS) is 16.4.